The Labute approximate surface area is 81.4 Å². The normalized spacial score (nSPS) is 7.83. The van der Waals surface area contributed by atoms with Gasteiger partial charge in [-0.2, -0.15) is 5.26 Å². The molecule has 64 valence electrons. The average Bonchev–Trinajstić information content (AvgIpc) is 2.09. The van der Waals surface area contributed by atoms with E-state index in [0.29, 0.717) is 6.42 Å². The van der Waals surface area contributed by atoms with Gasteiger partial charge in [0.25, 0.3) is 0 Å². The van der Waals surface area contributed by atoms with E-state index in [1.165, 1.54) is 0 Å². The standard InChI is InChI=1S/C7H5BrN2.C2H6/c8-7-5-6(1-3-9)2-4-10-7;1-2/h2,4-5H,1H2;1-2H3. The second kappa shape index (κ2) is 6.81. The molecule has 0 atom stereocenters. The molecule has 0 radical (unpaired) electrons. The van der Waals surface area contributed by atoms with Gasteiger partial charge in [-0.15, -0.1) is 0 Å². The van der Waals surface area contributed by atoms with Crippen LogP contribution in [0.15, 0.2) is 22.9 Å². The summed E-state index contributed by atoms with van der Waals surface area (Å²) in [7, 11) is 0. The Balaban J connectivity index is 0.000000561. The van der Waals surface area contributed by atoms with Gasteiger partial charge in [0.05, 0.1) is 12.5 Å². The second-order valence-corrected chi connectivity index (χ2v) is 2.63. The summed E-state index contributed by atoms with van der Waals surface area (Å²) in [6.45, 7) is 4.00. The lowest BCUT2D eigenvalue weighted by molar-refractivity contribution is 1.19. The maximum atomic E-state index is 8.32. The van der Waals surface area contributed by atoms with E-state index >= 15 is 0 Å². The Morgan fingerprint density at radius 1 is 1.58 bits per heavy atom. The predicted molar refractivity (Wildman–Crippen MR) is 52.6 cm³/mol. The zero-order valence-corrected chi connectivity index (χ0v) is 8.80. The maximum Gasteiger partial charge on any atom is 0.106 e. The smallest absolute Gasteiger partial charge is 0.106 e. The van der Waals surface area contributed by atoms with Crippen molar-refractivity contribution in [2.75, 3.05) is 0 Å². The summed E-state index contributed by atoms with van der Waals surface area (Å²) in [5, 5.41) is 8.32. The van der Waals surface area contributed by atoms with Crippen molar-refractivity contribution < 1.29 is 0 Å². The number of nitrogens with zero attached hydrogens (tertiary/aromatic N) is 2. The van der Waals surface area contributed by atoms with Crippen LogP contribution < -0.4 is 0 Å². The molecule has 0 aliphatic carbocycles. The summed E-state index contributed by atoms with van der Waals surface area (Å²) in [5.74, 6) is 0. The molecule has 0 fully saturated rings. The van der Waals surface area contributed by atoms with Crippen LogP contribution in [0.2, 0.25) is 0 Å². The van der Waals surface area contributed by atoms with Crippen LogP contribution in [0.5, 0.6) is 0 Å². The summed E-state index contributed by atoms with van der Waals surface area (Å²) >= 11 is 3.21. The number of pyridine rings is 1. The third-order valence-electron chi connectivity index (χ3n) is 1.07. The van der Waals surface area contributed by atoms with E-state index in [4.69, 9.17) is 5.26 Å². The first kappa shape index (κ1) is 11.1. The van der Waals surface area contributed by atoms with Crippen LogP contribution in [-0.4, -0.2) is 4.98 Å². The molecular weight excluding hydrogens is 216 g/mol. The van der Waals surface area contributed by atoms with Crippen molar-refractivity contribution in [2.24, 2.45) is 0 Å². The van der Waals surface area contributed by atoms with E-state index in [2.05, 4.69) is 27.0 Å². The minimum atomic E-state index is 0.446. The maximum absolute atomic E-state index is 8.32. The minimum Gasteiger partial charge on any atom is -0.249 e. The van der Waals surface area contributed by atoms with Crippen LogP contribution in [0.25, 0.3) is 0 Å². The summed E-state index contributed by atoms with van der Waals surface area (Å²) in [5.41, 5.74) is 0.990. The van der Waals surface area contributed by atoms with Crippen LogP contribution in [0.3, 0.4) is 0 Å². The van der Waals surface area contributed by atoms with Gasteiger partial charge in [-0.05, 0) is 33.6 Å². The third-order valence-corrected chi connectivity index (χ3v) is 1.51. The molecule has 0 spiro atoms. The summed E-state index contributed by atoms with van der Waals surface area (Å²) in [4.78, 5) is 3.93. The highest BCUT2D eigenvalue weighted by molar-refractivity contribution is 9.10. The van der Waals surface area contributed by atoms with Gasteiger partial charge in [-0.25, -0.2) is 4.98 Å². The van der Waals surface area contributed by atoms with Crippen molar-refractivity contribution in [1.82, 2.24) is 4.98 Å². The molecule has 0 aliphatic rings. The van der Waals surface area contributed by atoms with Crippen molar-refractivity contribution >= 4 is 15.9 Å². The third kappa shape index (κ3) is 4.09. The van der Waals surface area contributed by atoms with Crippen LogP contribution in [0.4, 0.5) is 0 Å². The topological polar surface area (TPSA) is 36.7 Å². The van der Waals surface area contributed by atoms with Gasteiger partial charge in [0, 0.05) is 6.20 Å². The number of nitriles is 1. The fourth-order valence-corrected chi connectivity index (χ4v) is 1.06. The van der Waals surface area contributed by atoms with E-state index < -0.39 is 0 Å². The van der Waals surface area contributed by atoms with Crippen molar-refractivity contribution in [3.63, 3.8) is 0 Å². The van der Waals surface area contributed by atoms with Gasteiger partial charge in [0.2, 0.25) is 0 Å². The molecule has 0 bridgehead atoms. The first-order valence-corrected chi connectivity index (χ1v) is 4.59. The Hall–Kier alpha value is -0.880. The lowest BCUT2D eigenvalue weighted by atomic mass is 10.2. The van der Waals surface area contributed by atoms with E-state index in [0.717, 1.165) is 10.2 Å². The fourth-order valence-electron chi connectivity index (χ4n) is 0.644. The van der Waals surface area contributed by atoms with Gasteiger partial charge < -0.3 is 0 Å². The summed E-state index contributed by atoms with van der Waals surface area (Å²) in [6, 6.07) is 5.73. The fraction of sp³-hybridized carbons (Fsp3) is 0.333. The molecule has 0 saturated heterocycles. The number of hydrogen-bond donors (Lipinski definition) is 0. The Bertz CT molecular complexity index is 265. The number of rotatable bonds is 1. The Kier molecular flexibility index (Phi) is 6.31. The molecule has 0 N–H and O–H groups in total. The van der Waals surface area contributed by atoms with Gasteiger partial charge in [-0.3, -0.25) is 0 Å². The SMILES string of the molecule is CC.N#CCc1ccnc(Br)c1. The molecule has 0 unspecified atom stereocenters. The highest BCUT2D eigenvalue weighted by Gasteiger charge is 1.91. The van der Waals surface area contributed by atoms with Crippen LogP contribution in [0, 0.1) is 11.3 Å². The highest BCUT2D eigenvalue weighted by atomic mass is 79.9. The second-order valence-electron chi connectivity index (χ2n) is 1.82. The predicted octanol–water partition coefficient (Wildman–Crippen LogP) is 2.94. The zero-order valence-electron chi connectivity index (χ0n) is 7.21. The summed E-state index contributed by atoms with van der Waals surface area (Å²) in [6.07, 6.45) is 2.12. The lowest BCUT2D eigenvalue weighted by Gasteiger charge is -1.92. The molecule has 1 heterocycles. The molecule has 1 aromatic rings. The zero-order chi connectivity index (χ0) is 9.40. The molecule has 0 amide bonds. The molecule has 0 aromatic carbocycles. The van der Waals surface area contributed by atoms with Crippen molar-refractivity contribution in [2.45, 2.75) is 20.3 Å². The van der Waals surface area contributed by atoms with E-state index in [9.17, 15) is 0 Å². The van der Waals surface area contributed by atoms with E-state index in [-0.39, 0.29) is 0 Å². The molecule has 2 nitrogen and oxygen atoms in total. The average molecular weight is 227 g/mol. The molecule has 3 heteroatoms. The van der Waals surface area contributed by atoms with E-state index in [1.807, 2.05) is 26.0 Å². The van der Waals surface area contributed by atoms with Gasteiger partial charge in [0.1, 0.15) is 4.60 Å². The van der Waals surface area contributed by atoms with Crippen molar-refractivity contribution in [3.8, 4) is 6.07 Å². The van der Waals surface area contributed by atoms with E-state index in [1.54, 1.807) is 6.20 Å². The Morgan fingerprint density at radius 3 is 2.75 bits per heavy atom. The molecule has 0 saturated carbocycles. The largest absolute Gasteiger partial charge is 0.249 e. The van der Waals surface area contributed by atoms with Crippen molar-refractivity contribution in [1.29, 1.82) is 5.26 Å². The number of aromatic nitrogens is 1. The molecule has 1 aromatic heterocycles. The number of hydrogen-bond acceptors (Lipinski definition) is 2. The Morgan fingerprint density at radius 2 is 2.25 bits per heavy atom. The highest BCUT2D eigenvalue weighted by Crippen LogP contribution is 2.07. The molecule has 0 aliphatic heterocycles. The van der Waals surface area contributed by atoms with Gasteiger partial charge in [-0.1, -0.05) is 13.8 Å². The first-order valence-electron chi connectivity index (χ1n) is 3.80. The molecule has 1 rings (SSSR count). The van der Waals surface area contributed by atoms with Gasteiger partial charge >= 0.3 is 0 Å². The lowest BCUT2D eigenvalue weighted by Crippen LogP contribution is -1.82. The van der Waals surface area contributed by atoms with Crippen molar-refractivity contribution in [3.05, 3.63) is 28.5 Å². The van der Waals surface area contributed by atoms with Crippen LogP contribution in [-0.2, 0) is 6.42 Å². The van der Waals surface area contributed by atoms with Crippen LogP contribution >= 0.6 is 15.9 Å². The number of halogens is 1. The quantitative estimate of drug-likeness (QED) is 0.691. The van der Waals surface area contributed by atoms with Gasteiger partial charge in [0.15, 0.2) is 0 Å². The molecule has 12 heavy (non-hydrogen) atoms. The first-order chi connectivity index (χ1) is 5.83. The minimum absolute atomic E-state index is 0.446. The van der Waals surface area contributed by atoms with Crippen LogP contribution in [0.1, 0.15) is 19.4 Å². The monoisotopic (exact) mass is 226 g/mol. The summed E-state index contributed by atoms with van der Waals surface area (Å²) < 4.78 is 0.778. The molecular formula is C9H11BrN2.